The summed E-state index contributed by atoms with van der Waals surface area (Å²) >= 11 is 7.76. The molecule has 1 aliphatic carbocycles. The van der Waals surface area contributed by atoms with Crippen molar-refractivity contribution in [3.63, 3.8) is 0 Å². The zero-order chi connectivity index (χ0) is 15.8. The molecule has 4 rings (SSSR count). The molecule has 2 heterocycles. The highest BCUT2D eigenvalue weighted by Crippen LogP contribution is 2.44. The minimum atomic E-state index is 0.561. The van der Waals surface area contributed by atoms with Crippen molar-refractivity contribution in [2.75, 3.05) is 5.32 Å². The fourth-order valence-corrected chi connectivity index (χ4v) is 3.80. The molecule has 1 N–H and O–H groups in total. The van der Waals surface area contributed by atoms with E-state index in [-0.39, 0.29) is 0 Å². The van der Waals surface area contributed by atoms with Crippen molar-refractivity contribution in [2.45, 2.75) is 25.7 Å². The topological polar surface area (TPSA) is 50.7 Å². The molecule has 1 fully saturated rings. The van der Waals surface area contributed by atoms with Gasteiger partial charge in [-0.1, -0.05) is 17.7 Å². The number of thiazole rings is 1. The van der Waals surface area contributed by atoms with Gasteiger partial charge in [0.25, 0.3) is 0 Å². The van der Waals surface area contributed by atoms with E-state index < -0.39 is 0 Å². The number of rotatable bonds is 4. The molecule has 1 aliphatic rings. The maximum Gasteiger partial charge on any atom is 0.227 e. The van der Waals surface area contributed by atoms with Gasteiger partial charge in [0, 0.05) is 22.8 Å². The van der Waals surface area contributed by atoms with Crippen LogP contribution in [-0.2, 0) is 0 Å². The number of anilines is 2. The van der Waals surface area contributed by atoms with E-state index >= 15 is 0 Å². The third-order valence-electron chi connectivity index (χ3n) is 3.71. The molecule has 2 aromatic heterocycles. The Bertz CT molecular complexity index is 857. The van der Waals surface area contributed by atoms with Crippen LogP contribution in [0.25, 0.3) is 10.6 Å². The van der Waals surface area contributed by atoms with E-state index in [4.69, 9.17) is 16.6 Å². The molecule has 4 nitrogen and oxygen atoms in total. The van der Waals surface area contributed by atoms with Crippen LogP contribution >= 0.6 is 22.9 Å². The molecule has 0 aliphatic heterocycles. The number of halogens is 1. The van der Waals surface area contributed by atoms with Crippen LogP contribution in [-0.4, -0.2) is 15.0 Å². The summed E-state index contributed by atoms with van der Waals surface area (Å²) in [6.07, 6.45) is 4.29. The third kappa shape index (κ3) is 3.21. The lowest BCUT2D eigenvalue weighted by Gasteiger charge is -2.06. The first kappa shape index (κ1) is 14.6. The molecule has 0 atom stereocenters. The van der Waals surface area contributed by atoms with Crippen LogP contribution in [0.1, 0.15) is 29.5 Å². The second kappa shape index (κ2) is 5.91. The number of hydrogen-bond donors (Lipinski definition) is 1. The molecule has 0 bridgehead atoms. The largest absolute Gasteiger partial charge is 0.324 e. The Hall–Kier alpha value is -1.98. The number of nitrogens with zero attached hydrogens (tertiary/aromatic N) is 3. The van der Waals surface area contributed by atoms with Crippen molar-refractivity contribution in [1.82, 2.24) is 15.0 Å². The maximum absolute atomic E-state index is 6.01. The van der Waals surface area contributed by atoms with Gasteiger partial charge in [-0.3, -0.25) is 0 Å². The lowest BCUT2D eigenvalue weighted by atomic mass is 10.3. The van der Waals surface area contributed by atoms with E-state index in [2.05, 4.69) is 15.3 Å². The van der Waals surface area contributed by atoms with E-state index in [1.807, 2.05) is 37.3 Å². The van der Waals surface area contributed by atoms with Crippen molar-refractivity contribution in [3.8, 4) is 10.6 Å². The molecule has 0 spiro atoms. The Kier molecular flexibility index (Phi) is 3.75. The van der Waals surface area contributed by atoms with Gasteiger partial charge < -0.3 is 5.32 Å². The molecule has 0 radical (unpaired) electrons. The van der Waals surface area contributed by atoms with Crippen LogP contribution in [0.3, 0.4) is 0 Å². The van der Waals surface area contributed by atoms with Gasteiger partial charge in [-0.25, -0.2) is 15.0 Å². The normalized spacial score (nSPS) is 14.0. The van der Waals surface area contributed by atoms with Gasteiger partial charge in [0.2, 0.25) is 5.95 Å². The number of aromatic nitrogens is 3. The van der Waals surface area contributed by atoms with Crippen molar-refractivity contribution in [1.29, 1.82) is 0 Å². The lowest BCUT2D eigenvalue weighted by molar-refractivity contribution is 1.06. The first-order valence-electron chi connectivity index (χ1n) is 7.52. The summed E-state index contributed by atoms with van der Waals surface area (Å²) < 4.78 is 0. The molecule has 0 amide bonds. The zero-order valence-electron chi connectivity index (χ0n) is 12.6. The minimum Gasteiger partial charge on any atom is -0.324 e. The van der Waals surface area contributed by atoms with Crippen LogP contribution in [0.4, 0.5) is 11.6 Å². The van der Waals surface area contributed by atoms with Crippen molar-refractivity contribution >= 4 is 34.6 Å². The summed E-state index contributed by atoms with van der Waals surface area (Å²) in [5, 5.41) is 5.11. The summed E-state index contributed by atoms with van der Waals surface area (Å²) in [4.78, 5) is 14.7. The van der Waals surface area contributed by atoms with Gasteiger partial charge in [0.15, 0.2) is 0 Å². The molecule has 116 valence electrons. The van der Waals surface area contributed by atoms with Crippen LogP contribution in [0.2, 0.25) is 5.02 Å². The standard InChI is InChI=1S/C17H15ClN4S/c1-10-15(23-16(20-10)11-5-6-11)14-7-8-19-17(22-14)21-13-4-2-3-12(18)9-13/h2-4,7-9,11H,5-6H2,1H3,(H,19,21,22). The zero-order valence-corrected chi connectivity index (χ0v) is 14.2. The highest BCUT2D eigenvalue weighted by Gasteiger charge is 2.28. The molecular formula is C17H15ClN4S. The van der Waals surface area contributed by atoms with E-state index in [9.17, 15) is 0 Å². The molecule has 0 unspecified atom stereocenters. The maximum atomic E-state index is 6.01. The lowest BCUT2D eigenvalue weighted by Crippen LogP contribution is -1.97. The van der Waals surface area contributed by atoms with E-state index in [0.717, 1.165) is 22.0 Å². The molecule has 6 heteroatoms. The van der Waals surface area contributed by atoms with Gasteiger partial charge in [-0.05, 0) is 44.0 Å². The van der Waals surface area contributed by atoms with Gasteiger partial charge >= 0.3 is 0 Å². The second-order valence-electron chi connectivity index (χ2n) is 5.64. The van der Waals surface area contributed by atoms with Crippen LogP contribution in [0.5, 0.6) is 0 Å². The molecule has 1 aromatic carbocycles. The Morgan fingerprint density at radius 3 is 2.87 bits per heavy atom. The quantitative estimate of drug-likeness (QED) is 0.709. The van der Waals surface area contributed by atoms with Gasteiger partial charge in [-0.15, -0.1) is 11.3 Å². The smallest absolute Gasteiger partial charge is 0.227 e. The van der Waals surface area contributed by atoms with E-state index in [1.165, 1.54) is 17.8 Å². The molecule has 3 aromatic rings. The Morgan fingerprint density at radius 1 is 1.22 bits per heavy atom. The van der Waals surface area contributed by atoms with Gasteiger partial charge in [0.1, 0.15) is 0 Å². The summed E-state index contributed by atoms with van der Waals surface area (Å²) in [7, 11) is 0. The third-order valence-corrected chi connectivity index (χ3v) is 5.29. The highest BCUT2D eigenvalue weighted by molar-refractivity contribution is 7.15. The van der Waals surface area contributed by atoms with Crippen molar-refractivity contribution in [3.05, 3.63) is 52.3 Å². The first-order valence-corrected chi connectivity index (χ1v) is 8.72. The fourth-order valence-electron chi connectivity index (χ4n) is 2.40. The molecule has 1 saturated carbocycles. The summed E-state index contributed by atoms with van der Waals surface area (Å²) in [6, 6.07) is 9.44. The number of hydrogen-bond acceptors (Lipinski definition) is 5. The van der Waals surface area contributed by atoms with Crippen LogP contribution in [0.15, 0.2) is 36.5 Å². The average molecular weight is 343 g/mol. The SMILES string of the molecule is Cc1nc(C2CC2)sc1-c1ccnc(Nc2cccc(Cl)c2)n1. The van der Waals surface area contributed by atoms with Crippen molar-refractivity contribution < 1.29 is 0 Å². The predicted octanol–water partition coefficient (Wildman–Crippen LogP) is 5.18. The minimum absolute atomic E-state index is 0.561. The van der Waals surface area contributed by atoms with Crippen molar-refractivity contribution in [2.24, 2.45) is 0 Å². The first-order chi connectivity index (χ1) is 11.2. The summed E-state index contributed by atoms with van der Waals surface area (Å²) in [6.45, 7) is 2.05. The number of aryl methyl sites for hydroxylation is 1. The second-order valence-corrected chi connectivity index (χ2v) is 7.11. The predicted molar refractivity (Wildman–Crippen MR) is 94.6 cm³/mol. The van der Waals surface area contributed by atoms with Gasteiger partial charge in [-0.2, -0.15) is 0 Å². The Balaban J connectivity index is 1.63. The van der Waals surface area contributed by atoms with E-state index in [0.29, 0.717) is 16.9 Å². The number of nitrogens with one attached hydrogen (secondary N) is 1. The average Bonchev–Trinajstić information content (AvgIpc) is 3.30. The van der Waals surface area contributed by atoms with E-state index in [1.54, 1.807) is 17.5 Å². The summed E-state index contributed by atoms with van der Waals surface area (Å²) in [5.41, 5.74) is 2.82. The molecule has 23 heavy (non-hydrogen) atoms. The fraction of sp³-hybridized carbons (Fsp3) is 0.235. The monoisotopic (exact) mass is 342 g/mol. The molecular weight excluding hydrogens is 328 g/mol. The Labute approximate surface area is 143 Å². The summed E-state index contributed by atoms with van der Waals surface area (Å²) in [5.74, 6) is 1.23. The van der Waals surface area contributed by atoms with Gasteiger partial charge in [0.05, 0.1) is 21.3 Å². The number of benzene rings is 1. The van der Waals surface area contributed by atoms with Crippen LogP contribution < -0.4 is 5.32 Å². The molecule has 0 saturated heterocycles. The highest BCUT2D eigenvalue weighted by atomic mass is 35.5. The van der Waals surface area contributed by atoms with Crippen LogP contribution in [0, 0.1) is 6.92 Å². The Morgan fingerprint density at radius 2 is 2.09 bits per heavy atom.